The lowest BCUT2D eigenvalue weighted by molar-refractivity contribution is -0.119. The Morgan fingerprint density at radius 3 is 1.75 bits per heavy atom. The van der Waals surface area contributed by atoms with Crippen molar-refractivity contribution in [3.05, 3.63) is 0 Å². The van der Waals surface area contributed by atoms with Crippen molar-refractivity contribution >= 4 is 0 Å². The fourth-order valence-corrected chi connectivity index (χ4v) is 7.57. The Hall–Kier alpha value is -0.0800. The quantitative estimate of drug-likeness (QED) is 0.832. The lowest BCUT2D eigenvalue weighted by atomic mass is 9.52. The summed E-state index contributed by atoms with van der Waals surface area (Å²) in [5, 5.41) is 3.57. The van der Waals surface area contributed by atoms with Crippen molar-refractivity contribution in [1.29, 1.82) is 0 Å². The van der Waals surface area contributed by atoms with Crippen molar-refractivity contribution in [2.24, 2.45) is 17.8 Å². The van der Waals surface area contributed by atoms with Crippen LogP contribution in [0.15, 0.2) is 0 Å². The monoisotopic (exact) mass is 274 g/mol. The maximum absolute atomic E-state index is 3.57. The summed E-state index contributed by atoms with van der Waals surface area (Å²) in [4.78, 5) is 3.12. The van der Waals surface area contributed by atoms with Crippen molar-refractivity contribution in [2.45, 2.75) is 87.9 Å². The predicted molar refractivity (Wildman–Crippen MR) is 81.6 cm³/mol. The van der Waals surface area contributed by atoms with E-state index < -0.39 is 0 Å². The molecule has 0 radical (unpaired) electrons. The molecular weight excluding hydrogens is 244 g/mol. The van der Waals surface area contributed by atoms with Gasteiger partial charge < -0.3 is 5.32 Å². The molecule has 2 aliphatic heterocycles. The van der Waals surface area contributed by atoms with Gasteiger partial charge in [-0.3, -0.25) is 4.90 Å². The van der Waals surface area contributed by atoms with Gasteiger partial charge in [-0.05, 0) is 89.0 Å². The van der Waals surface area contributed by atoms with Crippen LogP contribution in [-0.4, -0.2) is 35.6 Å². The lowest BCUT2D eigenvalue weighted by Crippen LogP contribution is -2.65. The average molecular weight is 274 g/mol. The number of rotatable bonds is 2. The summed E-state index contributed by atoms with van der Waals surface area (Å²) < 4.78 is 0. The molecule has 4 aliphatic carbocycles. The van der Waals surface area contributed by atoms with Gasteiger partial charge in [-0.25, -0.2) is 0 Å². The Kier molecular flexibility index (Phi) is 2.63. The number of hydrogen-bond donors (Lipinski definition) is 1. The molecule has 20 heavy (non-hydrogen) atoms. The van der Waals surface area contributed by atoms with Crippen LogP contribution >= 0.6 is 0 Å². The number of hydrogen-bond acceptors (Lipinski definition) is 2. The molecule has 4 saturated carbocycles. The highest BCUT2D eigenvalue weighted by Gasteiger charge is 2.58. The fourth-order valence-electron chi connectivity index (χ4n) is 7.57. The van der Waals surface area contributed by atoms with Gasteiger partial charge in [-0.1, -0.05) is 0 Å². The second kappa shape index (κ2) is 4.23. The molecule has 2 heterocycles. The van der Waals surface area contributed by atoms with Crippen LogP contribution in [0.1, 0.15) is 64.2 Å². The number of fused-ring (bicyclic) bond motifs is 2. The van der Waals surface area contributed by atoms with Crippen molar-refractivity contribution in [2.75, 3.05) is 7.05 Å². The zero-order valence-corrected chi connectivity index (χ0v) is 13.0. The summed E-state index contributed by atoms with van der Waals surface area (Å²) in [6.45, 7) is 0. The fraction of sp³-hybridized carbons (Fsp3) is 1.00. The maximum Gasteiger partial charge on any atom is 0.0223 e. The lowest BCUT2D eigenvalue weighted by Gasteiger charge is -2.63. The standard InChI is InChI=1S/C18H30N2/c1-19-15-7-16-2-3-17(8-15)20(16)18-9-12-4-13(10-18)6-14(5-12)11-18/h12-17,19H,2-11H2,1H3. The Balaban J connectivity index is 1.46. The second-order valence-electron chi connectivity index (χ2n) is 8.89. The van der Waals surface area contributed by atoms with E-state index in [0.29, 0.717) is 5.54 Å². The second-order valence-corrected chi connectivity index (χ2v) is 8.89. The van der Waals surface area contributed by atoms with E-state index in [4.69, 9.17) is 0 Å². The largest absolute Gasteiger partial charge is 0.317 e. The highest BCUT2D eigenvalue weighted by Crippen LogP contribution is 2.60. The summed E-state index contributed by atoms with van der Waals surface area (Å²) in [6.07, 6.45) is 15.3. The molecule has 2 heteroatoms. The molecule has 0 aromatic carbocycles. The van der Waals surface area contributed by atoms with E-state index in [2.05, 4.69) is 17.3 Å². The summed E-state index contributed by atoms with van der Waals surface area (Å²) >= 11 is 0. The molecule has 6 aliphatic rings. The molecule has 6 bridgehead atoms. The molecule has 2 unspecified atom stereocenters. The molecule has 6 fully saturated rings. The smallest absolute Gasteiger partial charge is 0.0223 e. The molecule has 2 atom stereocenters. The SMILES string of the molecule is CNC1CC2CCC(C1)N2C12CC3CC(CC(C3)C1)C2. The molecule has 0 aromatic heterocycles. The minimum atomic E-state index is 0.666. The average Bonchev–Trinajstić information content (AvgIpc) is 2.70. The van der Waals surface area contributed by atoms with Gasteiger partial charge in [0.2, 0.25) is 0 Å². The van der Waals surface area contributed by atoms with Crippen molar-refractivity contribution in [3.8, 4) is 0 Å². The van der Waals surface area contributed by atoms with Gasteiger partial charge in [0.15, 0.2) is 0 Å². The molecule has 1 N–H and O–H groups in total. The minimum absolute atomic E-state index is 0.666. The van der Waals surface area contributed by atoms with Gasteiger partial charge in [-0.15, -0.1) is 0 Å². The minimum Gasteiger partial charge on any atom is -0.317 e. The van der Waals surface area contributed by atoms with Crippen molar-refractivity contribution in [3.63, 3.8) is 0 Å². The first-order chi connectivity index (χ1) is 9.76. The van der Waals surface area contributed by atoms with Crippen LogP contribution in [-0.2, 0) is 0 Å². The van der Waals surface area contributed by atoms with E-state index in [1.54, 1.807) is 38.5 Å². The zero-order valence-electron chi connectivity index (χ0n) is 13.0. The van der Waals surface area contributed by atoms with E-state index in [0.717, 1.165) is 35.9 Å². The van der Waals surface area contributed by atoms with E-state index in [1.807, 2.05) is 0 Å². The first-order valence-corrected chi connectivity index (χ1v) is 9.21. The molecule has 0 amide bonds. The molecule has 112 valence electrons. The Morgan fingerprint density at radius 2 is 1.30 bits per heavy atom. The van der Waals surface area contributed by atoms with Gasteiger partial charge >= 0.3 is 0 Å². The van der Waals surface area contributed by atoms with Gasteiger partial charge in [-0.2, -0.15) is 0 Å². The predicted octanol–water partition coefficient (Wildman–Crippen LogP) is 3.17. The molecule has 0 aromatic rings. The number of piperidine rings is 1. The number of nitrogens with one attached hydrogen (secondary N) is 1. The molecular formula is C18H30N2. The van der Waals surface area contributed by atoms with E-state index in [-0.39, 0.29) is 0 Å². The summed E-state index contributed by atoms with van der Waals surface area (Å²) in [5.41, 5.74) is 0.666. The van der Waals surface area contributed by atoms with E-state index >= 15 is 0 Å². The van der Waals surface area contributed by atoms with Crippen LogP contribution in [0.25, 0.3) is 0 Å². The molecule has 6 rings (SSSR count). The van der Waals surface area contributed by atoms with Crippen LogP contribution < -0.4 is 5.32 Å². The normalized spacial score (nSPS) is 57.5. The molecule has 0 spiro atoms. The van der Waals surface area contributed by atoms with Crippen LogP contribution in [0.3, 0.4) is 0 Å². The van der Waals surface area contributed by atoms with E-state index in [1.165, 1.54) is 25.7 Å². The van der Waals surface area contributed by atoms with Gasteiger partial charge in [0, 0.05) is 23.7 Å². The Bertz CT molecular complexity index is 355. The molecule has 2 saturated heterocycles. The zero-order chi connectivity index (χ0) is 13.3. The Morgan fingerprint density at radius 1 is 0.800 bits per heavy atom. The van der Waals surface area contributed by atoms with Crippen LogP contribution in [0.4, 0.5) is 0 Å². The van der Waals surface area contributed by atoms with Gasteiger partial charge in [0.05, 0.1) is 0 Å². The van der Waals surface area contributed by atoms with Gasteiger partial charge in [0.25, 0.3) is 0 Å². The van der Waals surface area contributed by atoms with Crippen molar-refractivity contribution < 1.29 is 0 Å². The highest BCUT2D eigenvalue weighted by atomic mass is 15.3. The first kappa shape index (κ1) is 12.5. The third kappa shape index (κ3) is 1.64. The third-order valence-corrected chi connectivity index (χ3v) is 7.69. The maximum atomic E-state index is 3.57. The molecule has 2 nitrogen and oxygen atoms in total. The van der Waals surface area contributed by atoms with Crippen molar-refractivity contribution in [1.82, 2.24) is 10.2 Å². The van der Waals surface area contributed by atoms with Crippen LogP contribution in [0.2, 0.25) is 0 Å². The topological polar surface area (TPSA) is 15.3 Å². The van der Waals surface area contributed by atoms with Crippen LogP contribution in [0, 0.1) is 17.8 Å². The third-order valence-electron chi connectivity index (χ3n) is 7.69. The van der Waals surface area contributed by atoms with Gasteiger partial charge in [0.1, 0.15) is 0 Å². The summed E-state index contributed by atoms with van der Waals surface area (Å²) in [5.74, 6) is 3.30. The number of nitrogens with zero attached hydrogens (tertiary/aromatic N) is 1. The summed E-state index contributed by atoms with van der Waals surface area (Å²) in [6, 6.07) is 2.64. The van der Waals surface area contributed by atoms with E-state index in [9.17, 15) is 0 Å². The first-order valence-electron chi connectivity index (χ1n) is 9.21. The highest BCUT2D eigenvalue weighted by molar-refractivity contribution is 5.13. The summed E-state index contributed by atoms with van der Waals surface area (Å²) in [7, 11) is 2.17. The Labute approximate surface area is 123 Å². The van der Waals surface area contributed by atoms with Crippen LogP contribution in [0.5, 0.6) is 0 Å².